The Morgan fingerprint density at radius 1 is 1.18 bits per heavy atom. The summed E-state index contributed by atoms with van der Waals surface area (Å²) < 4.78 is 5.27. The van der Waals surface area contributed by atoms with Gasteiger partial charge in [-0.2, -0.15) is 12.6 Å². The summed E-state index contributed by atoms with van der Waals surface area (Å²) in [5.74, 6) is -0.882. The number of nitrogens with one attached hydrogen (secondary N) is 2. The molecule has 33 heavy (non-hydrogen) atoms. The van der Waals surface area contributed by atoms with Crippen LogP contribution >= 0.6 is 12.6 Å². The molecule has 9 heteroatoms. The molecule has 3 atom stereocenters. The summed E-state index contributed by atoms with van der Waals surface area (Å²) in [6, 6.07) is 5.21. The summed E-state index contributed by atoms with van der Waals surface area (Å²) in [5, 5.41) is 15.3. The summed E-state index contributed by atoms with van der Waals surface area (Å²) in [6.45, 7) is 10.5. The van der Waals surface area contributed by atoms with Gasteiger partial charge in [0.05, 0.1) is 6.61 Å². The zero-order chi connectivity index (χ0) is 25.2. The van der Waals surface area contributed by atoms with Crippen LogP contribution in [-0.2, 0) is 14.3 Å². The van der Waals surface area contributed by atoms with Crippen LogP contribution in [0.2, 0.25) is 0 Å². The van der Waals surface area contributed by atoms with E-state index in [-0.39, 0.29) is 30.9 Å². The molecule has 186 valence electrons. The van der Waals surface area contributed by atoms with Crippen molar-refractivity contribution in [3.05, 3.63) is 35.4 Å². The number of rotatable bonds is 11. The van der Waals surface area contributed by atoms with Crippen molar-refractivity contribution in [1.82, 2.24) is 15.5 Å². The standard InChI is InChI=1S/C24H39N3O5S/c1-7-10-17(3)25-21(29)20(18-12-9-8-11-16(18)2)27(13-14-28)22(30)19(15-33)26-23(31)32-24(4,5)6/h8-9,11-12,17,19-20,28,33H,7,10,13-15H2,1-6H3,(H,25,29)(H,26,31). The lowest BCUT2D eigenvalue weighted by Gasteiger charge is -2.35. The fraction of sp³-hybridized carbons (Fsp3) is 0.625. The first-order valence-corrected chi connectivity index (χ1v) is 12.0. The van der Waals surface area contributed by atoms with Gasteiger partial charge in [-0.3, -0.25) is 9.59 Å². The van der Waals surface area contributed by atoms with Crippen LogP contribution in [0.1, 0.15) is 64.6 Å². The predicted molar refractivity (Wildman–Crippen MR) is 132 cm³/mol. The molecule has 0 aliphatic heterocycles. The number of alkyl carbamates (subject to hydrolysis) is 1. The lowest BCUT2D eigenvalue weighted by atomic mass is 9.97. The van der Waals surface area contributed by atoms with Crippen LogP contribution < -0.4 is 10.6 Å². The van der Waals surface area contributed by atoms with E-state index in [1.165, 1.54) is 4.90 Å². The molecule has 1 aromatic carbocycles. The van der Waals surface area contributed by atoms with Crippen molar-refractivity contribution < 1.29 is 24.2 Å². The predicted octanol–water partition coefficient (Wildman–Crippen LogP) is 2.98. The number of hydrogen-bond acceptors (Lipinski definition) is 6. The van der Waals surface area contributed by atoms with Crippen molar-refractivity contribution in [3.63, 3.8) is 0 Å². The van der Waals surface area contributed by atoms with Crippen LogP contribution in [-0.4, -0.2) is 64.5 Å². The highest BCUT2D eigenvalue weighted by molar-refractivity contribution is 7.80. The van der Waals surface area contributed by atoms with E-state index in [0.717, 1.165) is 18.4 Å². The number of carbonyl (C=O) groups is 3. The van der Waals surface area contributed by atoms with E-state index < -0.39 is 29.7 Å². The lowest BCUT2D eigenvalue weighted by Crippen LogP contribution is -2.55. The SMILES string of the molecule is CCCC(C)NC(=O)C(c1ccccc1C)N(CCO)C(=O)C(CS)NC(=O)OC(C)(C)C. The highest BCUT2D eigenvalue weighted by Crippen LogP contribution is 2.26. The topological polar surface area (TPSA) is 108 Å². The Bertz CT molecular complexity index is 797. The van der Waals surface area contributed by atoms with E-state index in [4.69, 9.17) is 4.74 Å². The van der Waals surface area contributed by atoms with Gasteiger partial charge in [-0.1, -0.05) is 37.6 Å². The first kappa shape index (κ1) is 28.8. The molecule has 0 aliphatic rings. The summed E-state index contributed by atoms with van der Waals surface area (Å²) in [6.07, 6.45) is 0.934. The molecule has 0 saturated heterocycles. The third-order valence-electron chi connectivity index (χ3n) is 4.95. The van der Waals surface area contributed by atoms with Crippen LogP contribution in [0.25, 0.3) is 0 Å². The highest BCUT2D eigenvalue weighted by atomic mass is 32.1. The largest absolute Gasteiger partial charge is 0.444 e. The minimum absolute atomic E-state index is 0.00560. The Morgan fingerprint density at radius 3 is 2.33 bits per heavy atom. The number of amides is 3. The quantitative estimate of drug-likeness (QED) is 0.364. The Hall–Kier alpha value is -2.26. The molecule has 0 heterocycles. The first-order chi connectivity index (χ1) is 15.4. The van der Waals surface area contributed by atoms with Gasteiger partial charge in [0, 0.05) is 18.3 Å². The van der Waals surface area contributed by atoms with Gasteiger partial charge >= 0.3 is 6.09 Å². The van der Waals surface area contributed by atoms with Gasteiger partial charge in [-0.05, 0) is 52.2 Å². The lowest BCUT2D eigenvalue weighted by molar-refractivity contribution is -0.142. The third kappa shape index (κ3) is 9.25. The molecule has 3 N–H and O–H groups in total. The fourth-order valence-electron chi connectivity index (χ4n) is 3.48. The van der Waals surface area contributed by atoms with E-state index in [0.29, 0.717) is 5.56 Å². The number of aliphatic hydroxyl groups is 1. The maximum absolute atomic E-state index is 13.5. The normalized spacial score (nSPS) is 14.1. The minimum Gasteiger partial charge on any atom is -0.444 e. The minimum atomic E-state index is -1.04. The maximum atomic E-state index is 13.5. The molecule has 0 spiro atoms. The van der Waals surface area contributed by atoms with Crippen molar-refractivity contribution in [2.45, 2.75) is 78.1 Å². The van der Waals surface area contributed by atoms with Gasteiger partial charge in [-0.15, -0.1) is 0 Å². The number of benzene rings is 1. The van der Waals surface area contributed by atoms with Crippen LogP contribution in [0.3, 0.4) is 0 Å². The molecule has 0 saturated carbocycles. The highest BCUT2D eigenvalue weighted by Gasteiger charge is 2.36. The molecule has 8 nitrogen and oxygen atoms in total. The molecule has 3 unspecified atom stereocenters. The molecule has 0 aliphatic carbocycles. The van der Waals surface area contributed by atoms with Crippen LogP contribution in [0.4, 0.5) is 4.79 Å². The average molecular weight is 482 g/mol. The van der Waals surface area contributed by atoms with E-state index in [2.05, 4.69) is 23.3 Å². The summed E-state index contributed by atoms with van der Waals surface area (Å²) in [4.78, 5) is 40.5. The zero-order valence-electron chi connectivity index (χ0n) is 20.6. The molecule has 0 aromatic heterocycles. The second kappa shape index (κ2) is 13.4. The van der Waals surface area contributed by atoms with Gasteiger partial charge < -0.3 is 25.4 Å². The number of hydrogen-bond donors (Lipinski definition) is 4. The second-order valence-electron chi connectivity index (χ2n) is 9.09. The maximum Gasteiger partial charge on any atom is 0.408 e. The average Bonchev–Trinajstić information content (AvgIpc) is 2.71. The fourth-order valence-corrected chi connectivity index (χ4v) is 3.73. The molecular formula is C24H39N3O5S. The molecular weight excluding hydrogens is 442 g/mol. The zero-order valence-corrected chi connectivity index (χ0v) is 21.4. The summed E-state index contributed by atoms with van der Waals surface area (Å²) >= 11 is 4.23. The third-order valence-corrected chi connectivity index (χ3v) is 5.31. The van der Waals surface area contributed by atoms with Crippen LogP contribution in [0.15, 0.2) is 24.3 Å². The molecule has 0 fully saturated rings. The monoisotopic (exact) mass is 481 g/mol. The molecule has 1 aromatic rings. The van der Waals surface area contributed by atoms with Crippen molar-refractivity contribution in [2.24, 2.45) is 0 Å². The van der Waals surface area contributed by atoms with Gasteiger partial charge in [-0.25, -0.2) is 4.79 Å². The van der Waals surface area contributed by atoms with Crippen molar-refractivity contribution in [3.8, 4) is 0 Å². The number of aliphatic hydroxyl groups excluding tert-OH is 1. The van der Waals surface area contributed by atoms with Gasteiger partial charge in [0.1, 0.15) is 17.7 Å². The van der Waals surface area contributed by atoms with Gasteiger partial charge in [0.2, 0.25) is 11.8 Å². The van der Waals surface area contributed by atoms with E-state index >= 15 is 0 Å². The number of ether oxygens (including phenoxy) is 1. The number of aryl methyl sites for hydroxylation is 1. The van der Waals surface area contributed by atoms with Crippen LogP contribution in [0, 0.1) is 6.92 Å². The van der Waals surface area contributed by atoms with E-state index in [1.54, 1.807) is 32.9 Å². The van der Waals surface area contributed by atoms with E-state index in [1.807, 2.05) is 32.9 Å². The van der Waals surface area contributed by atoms with Gasteiger partial charge in [0.15, 0.2) is 0 Å². The molecule has 0 radical (unpaired) electrons. The Morgan fingerprint density at radius 2 is 1.82 bits per heavy atom. The van der Waals surface area contributed by atoms with Crippen molar-refractivity contribution in [1.29, 1.82) is 0 Å². The summed E-state index contributed by atoms with van der Waals surface area (Å²) in [7, 11) is 0. The molecule has 0 bridgehead atoms. The van der Waals surface area contributed by atoms with Gasteiger partial charge in [0.25, 0.3) is 0 Å². The number of nitrogens with zero attached hydrogens (tertiary/aromatic N) is 1. The summed E-state index contributed by atoms with van der Waals surface area (Å²) in [5.41, 5.74) is 0.743. The molecule has 3 amide bonds. The molecule has 1 rings (SSSR count). The Kier molecular flexibility index (Phi) is 11.7. The van der Waals surface area contributed by atoms with E-state index in [9.17, 15) is 19.5 Å². The number of carbonyl (C=O) groups excluding carboxylic acids is 3. The number of thiol groups is 1. The Balaban J connectivity index is 3.33. The smallest absolute Gasteiger partial charge is 0.408 e. The second-order valence-corrected chi connectivity index (χ2v) is 9.46. The van der Waals surface area contributed by atoms with Crippen molar-refractivity contribution in [2.75, 3.05) is 18.9 Å². The first-order valence-electron chi connectivity index (χ1n) is 11.3. The van der Waals surface area contributed by atoms with Crippen molar-refractivity contribution >= 4 is 30.5 Å². The van der Waals surface area contributed by atoms with Crippen LogP contribution in [0.5, 0.6) is 0 Å². The Labute approximate surface area is 202 Å².